The second-order valence-corrected chi connectivity index (χ2v) is 5.01. The third kappa shape index (κ3) is 2.46. The molecule has 2 heterocycles. The number of rotatable bonds is 2. The molecule has 1 saturated heterocycles. The fraction of sp³-hybridized carbons (Fsp3) is 0.267. The van der Waals surface area contributed by atoms with Crippen molar-refractivity contribution in [3.05, 3.63) is 41.9 Å². The van der Waals surface area contributed by atoms with Crippen LogP contribution in [0.25, 0.3) is 11.3 Å². The van der Waals surface area contributed by atoms with Gasteiger partial charge in [0.15, 0.2) is 0 Å². The molecule has 1 aliphatic rings. The van der Waals surface area contributed by atoms with Crippen LogP contribution < -0.4 is 0 Å². The Labute approximate surface area is 121 Å². The number of hydrogen-bond donors (Lipinski definition) is 2. The summed E-state index contributed by atoms with van der Waals surface area (Å²) in [6, 6.07) is 9.06. The first-order valence-corrected chi connectivity index (χ1v) is 6.74. The van der Waals surface area contributed by atoms with Crippen molar-refractivity contribution in [1.82, 2.24) is 14.9 Å². The molecule has 21 heavy (non-hydrogen) atoms. The molecular weight excluding hydrogens is 268 g/mol. The van der Waals surface area contributed by atoms with Gasteiger partial charge in [0.05, 0.1) is 29.6 Å². The molecule has 1 unspecified atom stereocenters. The highest BCUT2D eigenvalue weighted by atomic mass is 16.4. The zero-order chi connectivity index (χ0) is 14.8. The SMILES string of the molecule is N#Cc1ccc(-c2cnc(C3CCCN3C(=O)O)[nH]2)cc1. The Hall–Kier alpha value is -2.81. The molecule has 0 saturated carbocycles. The average molecular weight is 282 g/mol. The lowest BCUT2D eigenvalue weighted by atomic mass is 10.1. The van der Waals surface area contributed by atoms with Gasteiger partial charge >= 0.3 is 6.09 Å². The highest BCUT2D eigenvalue weighted by Crippen LogP contribution is 2.31. The number of nitrogens with one attached hydrogen (secondary N) is 1. The highest BCUT2D eigenvalue weighted by molar-refractivity contribution is 5.66. The summed E-state index contributed by atoms with van der Waals surface area (Å²) < 4.78 is 0. The van der Waals surface area contributed by atoms with Gasteiger partial charge in [-0.15, -0.1) is 0 Å². The van der Waals surface area contributed by atoms with Crippen LogP contribution in [0.2, 0.25) is 0 Å². The molecule has 1 aliphatic heterocycles. The molecule has 1 amide bonds. The van der Waals surface area contributed by atoms with Crippen molar-refractivity contribution >= 4 is 6.09 Å². The average Bonchev–Trinajstić information content (AvgIpc) is 3.16. The molecule has 1 aromatic carbocycles. The Morgan fingerprint density at radius 2 is 2.19 bits per heavy atom. The maximum Gasteiger partial charge on any atom is 0.407 e. The zero-order valence-electron chi connectivity index (χ0n) is 11.3. The van der Waals surface area contributed by atoms with Gasteiger partial charge in [-0.1, -0.05) is 12.1 Å². The Bertz CT molecular complexity index is 699. The monoisotopic (exact) mass is 282 g/mol. The summed E-state index contributed by atoms with van der Waals surface area (Å²) in [6.07, 6.45) is 2.43. The van der Waals surface area contributed by atoms with Gasteiger partial charge in [-0.05, 0) is 30.5 Å². The topological polar surface area (TPSA) is 93.0 Å². The van der Waals surface area contributed by atoms with Gasteiger partial charge < -0.3 is 10.1 Å². The predicted octanol–water partition coefficient (Wildman–Crippen LogP) is 2.76. The Kier molecular flexibility index (Phi) is 3.32. The van der Waals surface area contributed by atoms with Crippen molar-refractivity contribution in [2.24, 2.45) is 0 Å². The summed E-state index contributed by atoms with van der Waals surface area (Å²) in [7, 11) is 0. The summed E-state index contributed by atoms with van der Waals surface area (Å²) in [6.45, 7) is 0.549. The molecule has 2 aromatic rings. The molecule has 0 radical (unpaired) electrons. The maximum absolute atomic E-state index is 11.2. The van der Waals surface area contributed by atoms with Gasteiger partial charge in [0.25, 0.3) is 0 Å². The minimum absolute atomic E-state index is 0.199. The second kappa shape index (κ2) is 5.29. The third-order valence-corrected chi connectivity index (χ3v) is 3.73. The fourth-order valence-corrected chi connectivity index (χ4v) is 2.66. The van der Waals surface area contributed by atoms with Crippen LogP contribution in [0.1, 0.15) is 30.3 Å². The molecule has 6 heteroatoms. The lowest BCUT2D eigenvalue weighted by Gasteiger charge is -2.19. The van der Waals surface area contributed by atoms with Crippen LogP contribution in [0.3, 0.4) is 0 Å². The predicted molar refractivity (Wildman–Crippen MR) is 75.4 cm³/mol. The van der Waals surface area contributed by atoms with Gasteiger partial charge in [0.2, 0.25) is 0 Å². The summed E-state index contributed by atoms with van der Waals surface area (Å²) in [5, 5.41) is 18.0. The number of H-pyrrole nitrogens is 1. The van der Waals surface area contributed by atoms with Gasteiger partial charge in [0, 0.05) is 6.54 Å². The number of likely N-dealkylation sites (tertiary alicyclic amines) is 1. The van der Waals surface area contributed by atoms with Gasteiger partial charge in [0.1, 0.15) is 5.82 Å². The van der Waals surface area contributed by atoms with Crippen molar-refractivity contribution < 1.29 is 9.90 Å². The molecule has 1 aromatic heterocycles. The molecular formula is C15H14N4O2. The Morgan fingerprint density at radius 1 is 1.43 bits per heavy atom. The smallest absolute Gasteiger partial charge is 0.407 e. The number of amides is 1. The highest BCUT2D eigenvalue weighted by Gasteiger charge is 2.31. The van der Waals surface area contributed by atoms with Crippen LogP contribution in [0.15, 0.2) is 30.5 Å². The van der Waals surface area contributed by atoms with E-state index in [2.05, 4.69) is 16.0 Å². The molecule has 0 spiro atoms. The normalized spacial score (nSPS) is 17.7. The molecule has 2 N–H and O–H groups in total. The molecule has 3 rings (SSSR count). The number of hydrogen-bond acceptors (Lipinski definition) is 3. The van der Waals surface area contributed by atoms with Crippen LogP contribution in [-0.2, 0) is 0 Å². The van der Waals surface area contributed by atoms with Crippen molar-refractivity contribution in [3.63, 3.8) is 0 Å². The standard InChI is InChI=1S/C15H14N4O2/c16-8-10-3-5-11(6-4-10)12-9-17-14(18-12)13-2-1-7-19(13)15(20)21/h3-6,9,13H,1-2,7H2,(H,17,18)(H,20,21). The van der Waals surface area contributed by atoms with E-state index in [9.17, 15) is 9.90 Å². The number of aromatic amines is 1. The van der Waals surface area contributed by atoms with E-state index in [0.29, 0.717) is 17.9 Å². The van der Waals surface area contributed by atoms with Crippen LogP contribution in [0, 0.1) is 11.3 Å². The van der Waals surface area contributed by atoms with Gasteiger partial charge in [-0.25, -0.2) is 9.78 Å². The lowest BCUT2D eigenvalue weighted by molar-refractivity contribution is 0.139. The van der Waals surface area contributed by atoms with Gasteiger partial charge in [-0.3, -0.25) is 4.90 Å². The number of nitriles is 1. The van der Waals surface area contributed by atoms with Crippen LogP contribution in [0.4, 0.5) is 4.79 Å². The summed E-state index contributed by atoms with van der Waals surface area (Å²) >= 11 is 0. The van der Waals surface area contributed by atoms with E-state index < -0.39 is 6.09 Å². The molecule has 1 atom stereocenters. The van der Waals surface area contributed by atoms with Crippen LogP contribution in [0.5, 0.6) is 0 Å². The number of carbonyl (C=O) groups is 1. The fourth-order valence-electron chi connectivity index (χ4n) is 2.66. The third-order valence-electron chi connectivity index (χ3n) is 3.73. The first-order valence-electron chi connectivity index (χ1n) is 6.74. The maximum atomic E-state index is 11.2. The number of carboxylic acid groups (broad SMARTS) is 1. The van der Waals surface area contributed by atoms with E-state index in [1.54, 1.807) is 18.3 Å². The largest absolute Gasteiger partial charge is 0.465 e. The minimum Gasteiger partial charge on any atom is -0.465 e. The molecule has 1 fully saturated rings. The van der Waals surface area contributed by atoms with Crippen LogP contribution in [-0.4, -0.2) is 32.6 Å². The molecule has 106 valence electrons. The lowest BCUT2D eigenvalue weighted by Crippen LogP contribution is -2.29. The number of benzene rings is 1. The minimum atomic E-state index is -0.908. The van der Waals surface area contributed by atoms with E-state index in [1.165, 1.54) is 4.90 Å². The van der Waals surface area contributed by atoms with Crippen molar-refractivity contribution in [1.29, 1.82) is 5.26 Å². The summed E-state index contributed by atoms with van der Waals surface area (Å²) in [5.74, 6) is 0.675. The van der Waals surface area contributed by atoms with E-state index in [-0.39, 0.29) is 6.04 Å². The van der Waals surface area contributed by atoms with E-state index in [0.717, 1.165) is 24.1 Å². The Morgan fingerprint density at radius 3 is 2.86 bits per heavy atom. The zero-order valence-corrected chi connectivity index (χ0v) is 11.3. The first kappa shape index (κ1) is 13.2. The number of nitrogens with zero attached hydrogens (tertiary/aromatic N) is 3. The van der Waals surface area contributed by atoms with E-state index in [4.69, 9.17) is 5.26 Å². The molecule has 0 bridgehead atoms. The quantitative estimate of drug-likeness (QED) is 0.885. The molecule has 6 nitrogen and oxygen atoms in total. The van der Waals surface area contributed by atoms with Crippen molar-refractivity contribution in [2.45, 2.75) is 18.9 Å². The summed E-state index contributed by atoms with van der Waals surface area (Å²) in [5.41, 5.74) is 2.35. The second-order valence-electron chi connectivity index (χ2n) is 5.01. The van der Waals surface area contributed by atoms with Crippen LogP contribution >= 0.6 is 0 Å². The molecule has 0 aliphatic carbocycles. The van der Waals surface area contributed by atoms with Gasteiger partial charge in [-0.2, -0.15) is 5.26 Å². The van der Waals surface area contributed by atoms with E-state index in [1.807, 2.05) is 12.1 Å². The number of imidazole rings is 1. The van der Waals surface area contributed by atoms with Crippen molar-refractivity contribution in [3.8, 4) is 17.3 Å². The summed E-state index contributed by atoms with van der Waals surface area (Å²) in [4.78, 5) is 20.1. The van der Waals surface area contributed by atoms with Crippen molar-refractivity contribution in [2.75, 3.05) is 6.54 Å². The first-order chi connectivity index (χ1) is 10.2. The van der Waals surface area contributed by atoms with E-state index >= 15 is 0 Å². The Balaban J connectivity index is 1.86. The number of aromatic nitrogens is 2.